The smallest absolute Gasteiger partial charge is 0.336 e. The van der Waals surface area contributed by atoms with Gasteiger partial charge in [-0.3, -0.25) is 4.90 Å². The van der Waals surface area contributed by atoms with Gasteiger partial charge in [-0.15, -0.1) is 11.3 Å². The molecule has 9 heteroatoms. The first-order chi connectivity index (χ1) is 14.5. The predicted octanol–water partition coefficient (Wildman–Crippen LogP) is 3.81. The normalized spacial score (nSPS) is 17.3. The van der Waals surface area contributed by atoms with E-state index in [2.05, 4.69) is 32.4 Å². The van der Waals surface area contributed by atoms with E-state index in [-0.39, 0.29) is 5.56 Å². The van der Waals surface area contributed by atoms with E-state index in [0.717, 1.165) is 48.7 Å². The average molecular weight is 446 g/mol. The maximum atomic E-state index is 11.5. The monoisotopic (exact) mass is 445 g/mol. The Hall–Kier alpha value is -2.26. The third-order valence-electron chi connectivity index (χ3n) is 5.31. The molecular weight excluding hydrogens is 422 g/mol. The molecule has 1 aliphatic heterocycles. The van der Waals surface area contributed by atoms with Crippen molar-refractivity contribution in [3.05, 3.63) is 41.0 Å². The Labute approximate surface area is 184 Å². The summed E-state index contributed by atoms with van der Waals surface area (Å²) in [6, 6.07) is 7.66. The van der Waals surface area contributed by atoms with Crippen LogP contribution in [0, 0.1) is 0 Å². The zero-order valence-electron chi connectivity index (χ0n) is 16.7. The fourth-order valence-corrected chi connectivity index (χ4v) is 5.03. The molecule has 0 aliphatic carbocycles. The number of piperazine rings is 1. The Kier molecular flexibility index (Phi) is 6.48. The van der Waals surface area contributed by atoms with Crippen LogP contribution in [0.1, 0.15) is 23.7 Å². The number of carbonyl (C=O) groups is 1. The number of hydrogen-bond donors (Lipinski definition) is 3. The van der Waals surface area contributed by atoms with E-state index in [1.165, 1.54) is 11.3 Å². The van der Waals surface area contributed by atoms with Crippen LogP contribution in [0.2, 0.25) is 5.02 Å². The highest BCUT2D eigenvalue weighted by Crippen LogP contribution is 2.37. The molecular formula is C21H24ClN5O2S. The molecule has 158 valence electrons. The summed E-state index contributed by atoms with van der Waals surface area (Å²) in [5.41, 5.74) is 0.892. The van der Waals surface area contributed by atoms with E-state index in [9.17, 15) is 9.90 Å². The fourth-order valence-electron chi connectivity index (χ4n) is 3.69. The lowest BCUT2D eigenvalue weighted by Crippen LogP contribution is -2.50. The first-order valence-corrected chi connectivity index (χ1v) is 11.2. The molecule has 1 aliphatic rings. The van der Waals surface area contributed by atoms with Crippen LogP contribution in [0.25, 0.3) is 20.7 Å². The number of fused-ring (bicyclic) bond motifs is 1. The first kappa shape index (κ1) is 21.0. The van der Waals surface area contributed by atoms with Gasteiger partial charge in [0.15, 0.2) is 0 Å². The molecule has 7 nitrogen and oxygen atoms in total. The van der Waals surface area contributed by atoms with Crippen molar-refractivity contribution < 1.29 is 9.90 Å². The second-order valence-corrected chi connectivity index (χ2v) is 8.88. The number of nitrogens with one attached hydrogen (secondary N) is 2. The van der Waals surface area contributed by atoms with Gasteiger partial charge in [0.25, 0.3) is 0 Å². The van der Waals surface area contributed by atoms with Gasteiger partial charge in [-0.25, -0.2) is 14.8 Å². The van der Waals surface area contributed by atoms with Gasteiger partial charge in [-0.05, 0) is 31.5 Å². The third-order valence-corrected chi connectivity index (χ3v) is 6.70. The van der Waals surface area contributed by atoms with Gasteiger partial charge in [0, 0.05) is 48.9 Å². The molecule has 0 unspecified atom stereocenters. The van der Waals surface area contributed by atoms with Crippen molar-refractivity contribution in [3.63, 3.8) is 0 Å². The van der Waals surface area contributed by atoms with Crippen LogP contribution in [-0.2, 0) is 0 Å². The second kappa shape index (κ2) is 9.26. The zero-order chi connectivity index (χ0) is 21.1. The summed E-state index contributed by atoms with van der Waals surface area (Å²) in [6.07, 6.45) is 2.59. The minimum atomic E-state index is -0.945. The van der Waals surface area contributed by atoms with Gasteiger partial charge < -0.3 is 15.7 Å². The van der Waals surface area contributed by atoms with Crippen LogP contribution in [0.3, 0.4) is 0 Å². The number of carboxylic acids is 1. The van der Waals surface area contributed by atoms with Gasteiger partial charge in [-0.2, -0.15) is 0 Å². The summed E-state index contributed by atoms with van der Waals surface area (Å²) in [6.45, 7) is 7.20. The van der Waals surface area contributed by atoms with Gasteiger partial charge >= 0.3 is 5.97 Å². The van der Waals surface area contributed by atoms with Gasteiger partial charge in [0.05, 0.1) is 21.7 Å². The second-order valence-electron chi connectivity index (χ2n) is 7.39. The van der Waals surface area contributed by atoms with Gasteiger partial charge in [0.2, 0.25) is 5.95 Å². The number of rotatable bonds is 7. The van der Waals surface area contributed by atoms with Crippen LogP contribution < -0.4 is 10.6 Å². The molecule has 0 radical (unpaired) electrons. The molecule has 0 bridgehead atoms. The molecule has 3 N–H and O–H groups in total. The average Bonchev–Trinajstić information content (AvgIpc) is 3.17. The van der Waals surface area contributed by atoms with Gasteiger partial charge in [-0.1, -0.05) is 17.7 Å². The van der Waals surface area contributed by atoms with Crippen LogP contribution in [0.4, 0.5) is 5.95 Å². The lowest BCUT2D eigenvalue weighted by Gasteiger charge is -2.33. The van der Waals surface area contributed by atoms with Crippen molar-refractivity contribution in [1.29, 1.82) is 0 Å². The van der Waals surface area contributed by atoms with Crippen molar-refractivity contribution in [2.45, 2.75) is 19.4 Å². The number of thiophene rings is 1. The number of benzene rings is 1. The van der Waals surface area contributed by atoms with E-state index < -0.39 is 5.97 Å². The summed E-state index contributed by atoms with van der Waals surface area (Å²) in [5.74, 6) is -0.418. The standard InChI is InChI=1S/C21H24ClN5O2S/c1-13-11-23-7-9-27(13)8-3-6-24-21-25-12-16(22)19(26-21)18-10-15-14(20(28)29)4-2-5-17(15)30-18/h2,4-5,10,12-13,23H,3,6-9,11H2,1H3,(H,28,29)(H,24,25,26)/t13-/m0/s1. The van der Waals surface area contributed by atoms with Crippen molar-refractivity contribution in [3.8, 4) is 10.6 Å². The molecule has 3 heterocycles. The largest absolute Gasteiger partial charge is 0.478 e. The summed E-state index contributed by atoms with van der Waals surface area (Å²) in [4.78, 5) is 23.7. The quantitative estimate of drug-likeness (QED) is 0.476. The summed E-state index contributed by atoms with van der Waals surface area (Å²) < 4.78 is 0.888. The highest BCUT2D eigenvalue weighted by Gasteiger charge is 2.17. The van der Waals surface area contributed by atoms with Crippen LogP contribution in [0.5, 0.6) is 0 Å². The lowest BCUT2D eigenvalue weighted by molar-refractivity contribution is 0.0699. The Morgan fingerprint density at radius 1 is 1.47 bits per heavy atom. The zero-order valence-corrected chi connectivity index (χ0v) is 18.3. The Morgan fingerprint density at radius 2 is 2.33 bits per heavy atom. The first-order valence-electron chi connectivity index (χ1n) is 10.0. The molecule has 3 aromatic rings. The topological polar surface area (TPSA) is 90.4 Å². The number of carboxylic acid groups (broad SMARTS) is 1. The van der Waals surface area contributed by atoms with Crippen LogP contribution in [-0.4, -0.2) is 64.7 Å². The molecule has 1 aromatic carbocycles. The number of hydrogen-bond acceptors (Lipinski definition) is 7. The molecule has 2 aromatic heterocycles. The highest BCUT2D eigenvalue weighted by molar-refractivity contribution is 7.22. The summed E-state index contributed by atoms with van der Waals surface area (Å²) in [5, 5.41) is 17.3. The maximum absolute atomic E-state index is 11.5. The summed E-state index contributed by atoms with van der Waals surface area (Å²) >= 11 is 7.84. The Bertz CT molecular complexity index is 1060. The number of aromatic nitrogens is 2. The van der Waals surface area contributed by atoms with Crippen molar-refractivity contribution in [1.82, 2.24) is 20.2 Å². The number of aromatic carboxylic acids is 1. The minimum absolute atomic E-state index is 0.278. The summed E-state index contributed by atoms with van der Waals surface area (Å²) in [7, 11) is 0. The molecule has 4 rings (SSSR count). The van der Waals surface area contributed by atoms with Crippen LogP contribution >= 0.6 is 22.9 Å². The van der Waals surface area contributed by atoms with Gasteiger partial charge in [0.1, 0.15) is 5.69 Å². The van der Waals surface area contributed by atoms with E-state index in [1.807, 2.05) is 12.1 Å². The van der Waals surface area contributed by atoms with Crippen molar-refractivity contribution in [2.24, 2.45) is 0 Å². The number of anilines is 1. The molecule has 1 saturated heterocycles. The van der Waals surface area contributed by atoms with E-state index in [1.54, 1.807) is 18.3 Å². The maximum Gasteiger partial charge on any atom is 0.336 e. The predicted molar refractivity (Wildman–Crippen MR) is 122 cm³/mol. The molecule has 0 amide bonds. The van der Waals surface area contributed by atoms with Crippen molar-refractivity contribution in [2.75, 3.05) is 38.0 Å². The molecule has 0 saturated carbocycles. The lowest BCUT2D eigenvalue weighted by atomic mass is 10.1. The van der Waals surface area contributed by atoms with E-state index >= 15 is 0 Å². The highest BCUT2D eigenvalue weighted by atomic mass is 35.5. The van der Waals surface area contributed by atoms with E-state index in [4.69, 9.17) is 11.6 Å². The molecule has 1 atom stereocenters. The fraction of sp³-hybridized carbons (Fsp3) is 0.381. The minimum Gasteiger partial charge on any atom is -0.478 e. The number of halogens is 1. The Morgan fingerprint density at radius 3 is 3.13 bits per heavy atom. The molecule has 0 spiro atoms. The molecule has 30 heavy (non-hydrogen) atoms. The Balaban J connectivity index is 1.46. The number of nitrogens with zero attached hydrogens (tertiary/aromatic N) is 3. The van der Waals surface area contributed by atoms with E-state index in [0.29, 0.717) is 28.1 Å². The third kappa shape index (κ3) is 4.57. The van der Waals surface area contributed by atoms with Crippen LogP contribution in [0.15, 0.2) is 30.5 Å². The van der Waals surface area contributed by atoms with Crippen molar-refractivity contribution >= 4 is 44.9 Å². The molecule has 1 fully saturated rings. The SMILES string of the molecule is C[C@H]1CNCCN1CCCNc1ncc(Cl)c(-c2cc3c(C(=O)O)cccc3s2)n1.